The number of benzene rings is 3. The largest absolute Gasteiger partial charge is 0.492 e. The van der Waals surface area contributed by atoms with Gasteiger partial charge in [-0.3, -0.25) is 13.7 Å². The first-order valence-electron chi connectivity index (χ1n) is 22.4. The molecule has 0 saturated carbocycles. The number of nitrogens with zero attached hydrogens (tertiary/aromatic N) is 3. The van der Waals surface area contributed by atoms with Crippen molar-refractivity contribution >= 4 is 70.3 Å². The van der Waals surface area contributed by atoms with Crippen LogP contribution in [0.15, 0.2) is 108 Å². The first-order chi connectivity index (χ1) is 32.9. The molecule has 3 aliphatic rings. The average molecular weight is 1020 g/mol. The molecule has 3 aromatic carbocycles. The fraction of sp³-hybridized carbons (Fsp3) is 0.347. The highest BCUT2D eigenvalue weighted by Gasteiger charge is 2.48. The third-order valence-corrected chi connectivity index (χ3v) is 15.0. The lowest BCUT2D eigenvalue weighted by atomic mass is 9.75. The fourth-order valence-corrected chi connectivity index (χ4v) is 10.8. The molecule has 70 heavy (non-hydrogen) atoms. The molecule has 1 aromatic heterocycles. The van der Waals surface area contributed by atoms with Crippen molar-refractivity contribution in [1.82, 2.24) is 4.73 Å². The van der Waals surface area contributed by atoms with Gasteiger partial charge in [-0.1, -0.05) is 48.6 Å². The SMILES string of the molecule is COCCC1=CC(C)(C)N(CCCS(=O)(=O)O)c2cc3c(cc21)C(=CC=CC1=[N+](CCCS(=O)(=O)O)c2ccc(S(=O)(=O)O)cc2C1(C)CCCC(=O)On1c(O)ccc1O)C=C(c1ccccc1)O3. The van der Waals surface area contributed by atoms with Crippen molar-refractivity contribution in [2.45, 2.75) is 75.1 Å². The second kappa shape index (κ2) is 20.3. The Balaban J connectivity index is 1.35. The van der Waals surface area contributed by atoms with Crippen molar-refractivity contribution in [2.24, 2.45) is 0 Å². The van der Waals surface area contributed by atoms with Gasteiger partial charge in [-0.2, -0.15) is 29.8 Å². The van der Waals surface area contributed by atoms with Crippen molar-refractivity contribution in [3.63, 3.8) is 0 Å². The summed E-state index contributed by atoms with van der Waals surface area (Å²) in [5.74, 6) is -1.76. The Morgan fingerprint density at radius 3 is 2.19 bits per heavy atom. The summed E-state index contributed by atoms with van der Waals surface area (Å²) in [5.41, 5.74) is 4.69. The maximum absolute atomic E-state index is 13.0. The van der Waals surface area contributed by atoms with Crippen LogP contribution in [0.3, 0.4) is 0 Å². The summed E-state index contributed by atoms with van der Waals surface area (Å²) in [4.78, 5) is 19.9. The Morgan fingerprint density at radius 2 is 1.53 bits per heavy atom. The molecule has 4 heterocycles. The molecule has 1 unspecified atom stereocenters. The molecule has 7 rings (SSSR count). The molecule has 5 N–H and O–H groups in total. The van der Waals surface area contributed by atoms with E-state index in [0.29, 0.717) is 58.3 Å². The molecule has 0 saturated heterocycles. The number of fused-ring (bicyclic) bond motifs is 3. The number of rotatable bonds is 20. The molecule has 18 nitrogen and oxygen atoms in total. The summed E-state index contributed by atoms with van der Waals surface area (Å²) >= 11 is 0. The fourth-order valence-electron chi connectivity index (χ4n) is 9.31. The zero-order valence-corrected chi connectivity index (χ0v) is 41.4. The van der Waals surface area contributed by atoms with Crippen molar-refractivity contribution in [1.29, 1.82) is 0 Å². The first-order valence-corrected chi connectivity index (χ1v) is 27.0. The van der Waals surface area contributed by atoms with Gasteiger partial charge in [0.1, 0.15) is 18.1 Å². The minimum atomic E-state index is -4.70. The smallest absolute Gasteiger partial charge is 0.333 e. The predicted octanol–water partition coefficient (Wildman–Crippen LogP) is 6.98. The van der Waals surface area contributed by atoms with Crippen LogP contribution in [-0.2, 0) is 45.3 Å². The number of allylic oxidation sites excluding steroid dienone is 5. The van der Waals surface area contributed by atoms with Crippen LogP contribution in [0.1, 0.15) is 81.5 Å². The molecule has 0 radical (unpaired) electrons. The van der Waals surface area contributed by atoms with Gasteiger partial charge < -0.3 is 29.4 Å². The van der Waals surface area contributed by atoms with E-state index in [9.17, 15) is 53.9 Å². The Labute approximate surface area is 407 Å². The van der Waals surface area contributed by atoms with Crippen LogP contribution in [0.2, 0.25) is 0 Å². The van der Waals surface area contributed by atoms with Gasteiger partial charge in [-0.05, 0) is 81.9 Å². The third kappa shape index (κ3) is 11.7. The number of hydrogen-bond acceptors (Lipinski definition) is 13. The molecule has 4 aromatic rings. The van der Waals surface area contributed by atoms with E-state index in [1.165, 1.54) is 18.2 Å². The lowest BCUT2D eigenvalue weighted by Gasteiger charge is -2.44. The van der Waals surface area contributed by atoms with Crippen molar-refractivity contribution < 1.29 is 72.8 Å². The zero-order chi connectivity index (χ0) is 50.8. The highest BCUT2D eigenvalue weighted by Crippen LogP contribution is 2.48. The molecule has 0 fully saturated rings. The Morgan fingerprint density at radius 1 is 0.843 bits per heavy atom. The maximum Gasteiger partial charge on any atom is 0.333 e. The van der Waals surface area contributed by atoms with Gasteiger partial charge in [0, 0.05) is 84.8 Å². The highest BCUT2D eigenvalue weighted by atomic mass is 32.2. The summed E-state index contributed by atoms with van der Waals surface area (Å²) in [6, 6.07) is 19.7. The standard InChI is InChI=1S/C49H55N3O15S3/c1-48(2)32-35(21-25-65-4)37-30-38-34(28-42(33-12-6-5-7-13-33)66-43(38)31-41(37)51(48)24-11-27-69(59,60)61)14-8-15-44-49(3,22-9-16-47(55)67-52-45(53)19-20-46(52)54)39-29-36(70(62,63)64)17-18-40(39)50(44)23-10-26-68(56,57)58/h5-8,12-15,17-20,28-32H,9-11,16,21-27H2,1-4H3,(H4-,53,54,56,57,58,59,60,61,62,63,64)/p+1. The lowest BCUT2D eigenvalue weighted by Crippen LogP contribution is -2.46. The summed E-state index contributed by atoms with van der Waals surface area (Å²) in [5, 5.41) is 20.0. The number of aromatic nitrogens is 1. The molecular weight excluding hydrogens is 967 g/mol. The van der Waals surface area contributed by atoms with E-state index in [4.69, 9.17) is 14.3 Å². The van der Waals surface area contributed by atoms with Gasteiger partial charge in [0.25, 0.3) is 30.4 Å². The summed E-state index contributed by atoms with van der Waals surface area (Å²) in [6.45, 7) is 6.65. The summed E-state index contributed by atoms with van der Waals surface area (Å²) in [7, 11) is -11.7. The van der Waals surface area contributed by atoms with E-state index in [1.54, 1.807) is 19.3 Å². The van der Waals surface area contributed by atoms with Crippen LogP contribution in [0, 0.1) is 0 Å². The molecular formula is C49H56N3O15S3+. The van der Waals surface area contributed by atoms with Crippen molar-refractivity contribution in [3.05, 3.63) is 125 Å². The lowest BCUT2D eigenvalue weighted by molar-refractivity contribution is -0.437. The van der Waals surface area contributed by atoms with E-state index in [0.717, 1.165) is 40.1 Å². The molecule has 0 bridgehead atoms. The van der Waals surface area contributed by atoms with E-state index in [1.807, 2.05) is 80.0 Å². The van der Waals surface area contributed by atoms with Gasteiger partial charge in [0.2, 0.25) is 17.4 Å². The number of carbonyl (C=O) groups is 1. The molecule has 0 amide bonds. The Hall–Kier alpha value is -6.07. The van der Waals surface area contributed by atoms with E-state index in [2.05, 4.69) is 11.0 Å². The van der Waals surface area contributed by atoms with Gasteiger partial charge >= 0.3 is 5.97 Å². The van der Waals surface area contributed by atoms with Crippen LogP contribution in [0.5, 0.6) is 17.5 Å². The van der Waals surface area contributed by atoms with Crippen LogP contribution < -0.4 is 14.5 Å². The van der Waals surface area contributed by atoms with Crippen LogP contribution in [0.25, 0.3) is 16.9 Å². The average Bonchev–Trinajstić information content (AvgIpc) is 3.71. The van der Waals surface area contributed by atoms with Crippen molar-refractivity contribution in [2.75, 3.05) is 43.2 Å². The van der Waals surface area contributed by atoms with E-state index >= 15 is 0 Å². The highest BCUT2D eigenvalue weighted by molar-refractivity contribution is 7.86. The number of ether oxygens (including phenoxy) is 2. The molecule has 1 atom stereocenters. The normalized spacial score (nSPS) is 18.3. The topological polar surface area (TPSA) is 260 Å². The molecule has 374 valence electrons. The summed E-state index contributed by atoms with van der Waals surface area (Å²) < 4.78 is 116. The van der Waals surface area contributed by atoms with Gasteiger partial charge in [-0.25, -0.2) is 4.79 Å². The number of hydrogen-bond donors (Lipinski definition) is 5. The predicted molar refractivity (Wildman–Crippen MR) is 263 cm³/mol. The molecule has 0 aliphatic carbocycles. The van der Waals surface area contributed by atoms with Crippen molar-refractivity contribution in [3.8, 4) is 17.5 Å². The molecule has 21 heteroatoms. The van der Waals surface area contributed by atoms with E-state index in [-0.39, 0.29) is 43.5 Å². The summed E-state index contributed by atoms with van der Waals surface area (Å²) in [6.07, 6.45) is 10.3. The molecule has 3 aliphatic heterocycles. The second-order valence-corrected chi connectivity index (χ2v) is 22.6. The number of aromatic hydroxyl groups is 2. The zero-order valence-electron chi connectivity index (χ0n) is 39.0. The third-order valence-electron chi connectivity index (χ3n) is 12.6. The second-order valence-electron chi connectivity index (χ2n) is 18.0. The van der Waals surface area contributed by atoms with Crippen LogP contribution >= 0.6 is 0 Å². The van der Waals surface area contributed by atoms with Crippen LogP contribution in [0.4, 0.5) is 11.4 Å². The Kier molecular flexibility index (Phi) is 15.0. The van der Waals surface area contributed by atoms with Crippen LogP contribution in [-0.4, -0.2) is 114 Å². The quantitative estimate of drug-likeness (QED) is 0.0442. The number of anilines is 1. The monoisotopic (exact) mass is 1020 g/mol. The first kappa shape index (κ1) is 51.8. The molecule has 0 spiro atoms. The number of carbonyl (C=O) groups excluding carboxylic acids is 1. The number of methoxy groups -OCH3 is 1. The minimum absolute atomic E-state index is 0.0371. The van der Waals surface area contributed by atoms with Gasteiger partial charge in [0.15, 0.2) is 5.71 Å². The minimum Gasteiger partial charge on any atom is -0.492 e. The Bertz CT molecular complexity index is 3170. The maximum atomic E-state index is 13.0. The van der Waals surface area contributed by atoms with Gasteiger partial charge in [0.05, 0.1) is 34.0 Å². The van der Waals surface area contributed by atoms with Gasteiger partial charge in [-0.15, -0.1) is 4.73 Å². The van der Waals surface area contributed by atoms with E-state index < -0.39 is 70.5 Å².